The minimum absolute atomic E-state index is 0.0816. The van der Waals surface area contributed by atoms with Crippen molar-refractivity contribution in [2.45, 2.75) is 238 Å². The van der Waals surface area contributed by atoms with E-state index in [1.54, 1.807) is 0 Å². The molecule has 0 rings (SSSR count). The molecule has 2 atom stereocenters. The van der Waals surface area contributed by atoms with Crippen molar-refractivity contribution in [2.75, 3.05) is 54.1 Å². The molecule has 0 aliphatic rings. The fraction of sp³-hybridized carbons (Fsp3) is 0.776. The van der Waals surface area contributed by atoms with Gasteiger partial charge in [-0.25, -0.2) is 4.57 Å². The monoisotopic (exact) mass is 961 g/mol. The molecule has 8 nitrogen and oxygen atoms in total. The lowest BCUT2D eigenvalue weighted by Crippen LogP contribution is -2.37. The van der Waals surface area contributed by atoms with E-state index in [1.807, 2.05) is 21.1 Å². The third kappa shape index (κ3) is 54.7. The first-order valence-electron chi connectivity index (χ1n) is 27.7. The number of rotatable bonds is 51. The maximum absolute atomic E-state index is 12.8. The Morgan fingerprint density at radius 3 is 1.31 bits per heavy atom. The molecule has 0 saturated carbocycles. The second kappa shape index (κ2) is 50.3. The highest BCUT2D eigenvalue weighted by molar-refractivity contribution is 7.47. The average molecular weight is 961 g/mol. The minimum atomic E-state index is -4.29. The normalized spacial score (nSPS) is 14.1. The van der Waals surface area contributed by atoms with Crippen LogP contribution in [0.5, 0.6) is 0 Å². The second-order valence-corrected chi connectivity index (χ2v) is 21.0. The molecule has 0 heterocycles. The Hall–Kier alpha value is -2.06. The first kappa shape index (κ1) is 64.9. The molecule has 0 aliphatic heterocycles. The number of carbonyl (C=O) groups is 1. The lowest BCUT2D eigenvalue weighted by Gasteiger charge is -2.24. The lowest BCUT2D eigenvalue weighted by molar-refractivity contribution is -0.870. The van der Waals surface area contributed by atoms with Crippen LogP contribution < -0.4 is 0 Å². The molecule has 0 amide bonds. The Morgan fingerprint density at radius 2 is 0.866 bits per heavy atom. The van der Waals surface area contributed by atoms with E-state index in [4.69, 9.17) is 18.5 Å². The van der Waals surface area contributed by atoms with Crippen LogP contribution in [-0.2, 0) is 27.9 Å². The molecule has 390 valence electrons. The van der Waals surface area contributed by atoms with Gasteiger partial charge in [0.05, 0.1) is 34.4 Å². The highest BCUT2D eigenvalue weighted by atomic mass is 31.2. The van der Waals surface area contributed by atoms with Crippen LogP contribution in [0.3, 0.4) is 0 Å². The van der Waals surface area contributed by atoms with Crippen LogP contribution in [0.1, 0.15) is 232 Å². The van der Waals surface area contributed by atoms with Crippen LogP contribution in [0.25, 0.3) is 0 Å². The van der Waals surface area contributed by atoms with E-state index < -0.39 is 13.9 Å². The van der Waals surface area contributed by atoms with Crippen LogP contribution in [0, 0.1) is 0 Å². The largest absolute Gasteiger partial charge is 0.472 e. The van der Waals surface area contributed by atoms with E-state index >= 15 is 0 Å². The number of phosphoric acid groups is 1. The van der Waals surface area contributed by atoms with Crippen LogP contribution in [0.15, 0.2) is 72.9 Å². The van der Waals surface area contributed by atoms with Crippen molar-refractivity contribution in [1.29, 1.82) is 0 Å². The summed E-state index contributed by atoms with van der Waals surface area (Å²) in [7, 11) is 1.65. The first-order chi connectivity index (χ1) is 32.6. The SMILES string of the molecule is CC/C=C\C/C=C\C/C=C\C/C=C\C/C=C\CCCCCCCC(=O)OC(COCCCCCCCCCCCCCC/C=C\CCCCCCCCCC)COP(=O)(O)OCC[N+](C)(C)C. The summed E-state index contributed by atoms with van der Waals surface area (Å²) in [5.41, 5.74) is 0. The second-order valence-electron chi connectivity index (χ2n) is 19.6. The zero-order valence-electron chi connectivity index (χ0n) is 44.4. The topological polar surface area (TPSA) is 91.3 Å². The summed E-state index contributed by atoms with van der Waals surface area (Å²) in [6.45, 7) is 5.50. The molecule has 67 heavy (non-hydrogen) atoms. The summed E-state index contributed by atoms with van der Waals surface area (Å²) in [5.74, 6) is -0.332. The van der Waals surface area contributed by atoms with Gasteiger partial charge >= 0.3 is 13.8 Å². The number of unbranched alkanes of at least 4 members (excludes halogenated alkanes) is 25. The standard InChI is InChI=1S/C58H106NO7P/c1-6-8-10-12-14-16-18-20-22-24-26-28-29-30-32-34-36-38-40-42-44-46-48-50-53-63-55-57(56-65-67(61,62)64-54-52-59(3,4)5)66-58(60)51-49-47-45-43-41-39-37-35-33-31-27-25-23-21-19-17-15-13-11-9-7-2/h9,11,15,17,21,23-24,26-27,31,35,37,57H,6-8,10,12-14,16,18-20,22,25,28-30,32-34,36,38-56H2,1-5H3/p+1/b11-9-,17-15-,23-21-,26-24-,31-27-,37-35-. The predicted molar refractivity (Wildman–Crippen MR) is 288 cm³/mol. The summed E-state index contributed by atoms with van der Waals surface area (Å²) in [6.07, 6.45) is 66.7. The number of quaternary nitrogens is 1. The smallest absolute Gasteiger partial charge is 0.457 e. The van der Waals surface area contributed by atoms with Gasteiger partial charge in [-0.2, -0.15) is 0 Å². The van der Waals surface area contributed by atoms with Gasteiger partial charge in [0.15, 0.2) is 0 Å². The van der Waals surface area contributed by atoms with Crippen molar-refractivity contribution >= 4 is 13.8 Å². The molecule has 0 saturated heterocycles. The third-order valence-corrected chi connectivity index (χ3v) is 12.7. The molecule has 0 fully saturated rings. The van der Waals surface area contributed by atoms with E-state index in [9.17, 15) is 14.3 Å². The van der Waals surface area contributed by atoms with Crippen LogP contribution in [0.4, 0.5) is 0 Å². The zero-order chi connectivity index (χ0) is 49.0. The van der Waals surface area contributed by atoms with Gasteiger partial charge in [0, 0.05) is 13.0 Å². The summed E-state index contributed by atoms with van der Waals surface area (Å²) < 4.78 is 35.2. The van der Waals surface area contributed by atoms with E-state index in [0.717, 1.165) is 83.5 Å². The van der Waals surface area contributed by atoms with E-state index in [2.05, 4.69) is 86.8 Å². The summed E-state index contributed by atoms with van der Waals surface area (Å²) >= 11 is 0. The number of hydrogen-bond donors (Lipinski definition) is 1. The van der Waals surface area contributed by atoms with E-state index in [0.29, 0.717) is 24.1 Å². The summed E-state index contributed by atoms with van der Waals surface area (Å²) in [4.78, 5) is 23.0. The van der Waals surface area contributed by atoms with Crippen LogP contribution in [-0.4, -0.2) is 75.6 Å². The number of phosphoric ester groups is 1. The molecule has 0 aromatic carbocycles. The average Bonchev–Trinajstić information content (AvgIpc) is 3.29. The number of hydrogen-bond acceptors (Lipinski definition) is 6. The number of allylic oxidation sites excluding steroid dienone is 12. The fourth-order valence-electron chi connectivity index (χ4n) is 7.52. The van der Waals surface area contributed by atoms with E-state index in [-0.39, 0.29) is 25.8 Å². The quantitative estimate of drug-likeness (QED) is 0.0213. The van der Waals surface area contributed by atoms with Gasteiger partial charge in [-0.3, -0.25) is 13.8 Å². The Morgan fingerprint density at radius 1 is 0.478 bits per heavy atom. The molecule has 0 aromatic heterocycles. The molecule has 0 spiro atoms. The highest BCUT2D eigenvalue weighted by Crippen LogP contribution is 2.43. The fourth-order valence-corrected chi connectivity index (χ4v) is 8.26. The summed E-state index contributed by atoms with van der Waals surface area (Å²) in [6, 6.07) is 0. The van der Waals surface area contributed by atoms with Crippen molar-refractivity contribution in [3.05, 3.63) is 72.9 Å². The van der Waals surface area contributed by atoms with Crippen LogP contribution >= 0.6 is 7.82 Å². The highest BCUT2D eigenvalue weighted by Gasteiger charge is 2.26. The molecular formula is C58H107NO7P+. The molecule has 9 heteroatoms. The van der Waals surface area contributed by atoms with Crippen molar-refractivity contribution in [3.63, 3.8) is 0 Å². The van der Waals surface area contributed by atoms with Gasteiger partial charge in [-0.05, 0) is 83.5 Å². The zero-order valence-corrected chi connectivity index (χ0v) is 45.3. The molecule has 1 N–H and O–H groups in total. The molecule has 0 radical (unpaired) electrons. The molecule has 0 aromatic rings. The van der Waals surface area contributed by atoms with Crippen molar-refractivity contribution < 1.29 is 37.3 Å². The first-order valence-corrected chi connectivity index (χ1v) is 29.2. The number of carbonyl (C=O) groups excluding carboxylic acids is 1. The van der Waals surface area contributed by atoms with Gasteiger partial charge < -0.3 is 18.9 Å². The van der Waals surface area contributed by atoms with Gasteiger partial charge in [0.2, 0.25) is 0 Å². The molecule has 0 bridgehead atoms. The Labute approximate surface area is 414 Å². The third-order valence-electron chi connectivity index (χ3n) is 11.8. The van der Waals surface area contributed by atoms with Gasteiger partial charge in [-0.15, -0.1) is 0 Å². The van der Waals surface area contributed by atoms with Crippen molar-refractivity contribution in [2.24, 2.45) is 0 Å². The Kier molecular flexibility index (Phi) is 48.8. The van der Waals surface area contributed by atoms with Gasteiger partial charge in [0.25, 0.3) is 0 Å². The number of ether oxygens (including phenoxy) is 2. The molecule has 0 aliphatic carbocycles. The van der Waals surface area contributed by atoms with Crippen molar-refractivity contribution in [3.8, 4) is 0 Å². The minimum Gasteiger partial charge on any atom is -0.457 e. The Balaban J connectivity index is 4.14. The number of nitrogens with zero attached hydrogens (tertiary/aromatic N) is 1. The van der Waals surface area contributed by atoms with Gasteiger partial charge in [-0.1, -0.05) is 215 Å². The van der Waals surface area contributed by atoms with Crippen LogP contribution in [0.2, 0.25) is 0 Å². The Bertz CT molecular complexity index is 1300. The number of likely N-dealkylation sites (N-methyl/N-ethyl adjacent to an activating group) is 1. The molecular weight excluding hydrogens is 854 g/mol. The molecule has 2 unspecified atom stereocenters. The maximum atomic E-state index is 12.8. The van der Waals surface area contributed by atoms with E-state index in [1.165, 1.54) is 128 Å². The van der Waals surface area contributed by atoms with Gasteiger partial charge in [0.1, 0.15) is 19.3 Å². The maximum Gasteiger partial charge on any atom is 0.472 e. The van der Waals surface area contributed by atoms with Crippen molar-refractivity contribution in [1.82, 2.24) is 0 Å². The predicted octanol–water partition coefficient (Wildman–Crippen LogP) is 17.4. The lowest BCUT2D eigenvalue weighted by atomic mass is 10.0. The summed E-state index contributed by atoms with van der Waals surface area (Å²) in [5, 5.41) is 0. The number of esters is 1.